The molecule has 29 heavy (non-hydrogen) atoms. The summed E-state index contributed by atoms with van der Waals surface area (Å²) < 4.78 is 5.36. The highest BCUT2D eigenvalue weighted by Crippen LogP contribution is 2.14. The van der Waals surface area contributed by atoms with Gasteiger partial charge in [0, 0.05) is 52.4 Å². The summed E-state index contributed by atoms with van der Waals surface area (Å²) in [6.45, 7) is 7.50. The number of amides is 1. The third-order valence-corrected chi connectivity index (χ3v) is 4.54. The number of hydrogen-bond donors (Lipinski definition) is 2. The molecule has 0 saturated heterocycles. The Morgan fingerprint density at radius 2 is 1.93 bits per heavy atom. The molecule has 158 valence electrons. The van der Waals surface area contributed by atoms with Gasteiger partial charge in [-0.3, -0.25) is 4.79 Å². The third kappa shape index (κ3) is 7.89. The number of guanidine groups is 1. The van der Waals surface area contributed by atoms with Crippen LogP contribution in [0.3, 0.4) is 0 Å². The summed E-state index contributed by atoms with van der Waals surface area (Å²) in [4.78, 5) is 20.2. The molecule has 2 aromatic rings. The fourth-order valence-corrected chi connectivity index (χ4v) is 2.83. The Bertz CT molecular complexity index is 771. The number of hydrogen-bond acceptors (Lipinski definition) is 4. The van der Waals surface area contributed by atoms with Crippen LogP contribution in [0.1, 0.15) is 18.2 Å². The summed E-state index contributed by atoms with van der Waals surface area (Å²) >= 11 is 0. The second-order valence-electron chi connectivity index (χ2n) is 7.05. The zero-order valence-corrected chi connectivity index (χ0v) is 17.9. The van der Waals surface area contributed by atoms with E-state index in [0.717, 1.165) is 25.3 Å². The summed E-state index contributed by atoms with van der Waals surface area (Å²) in [5.41, 5.74) is 2.46. The molecule has 0 radical (unpaired) electrons. The number of likely N-dealkylation sites (N-methyl/N-ethyl adjacent to an activating group) is 2. The van der Waals surface area contributed by atoms with E-state index in [2.05, 4.69) is 58.6 Å². The first-order chi connectivity index (χ1) is 14.0. The molecule has 0 unspecified atom stereocenters. The Morgan fingerprint density at radius 3 is 2.59 bits per heavy atom. The molecule has 0 aliphatic carbocycles. The molecule has 0 atom stereocenters. The lowest BCUT2D eigenvalue weighted by Crippen LogP contribution is -2.43. The summed E-state index contributed by atoms with van der Waals surface area (Å²) in [6.07, 6.45) is 2.42. The second kappa shape index (κ2) is 11.8. The highest BCUT2D eigenvalue weighted by molar-refractivity contribution is 5.84. The maximum Gasteiger partial charge on any atom is 0.243 e. The van der Waals surface area contributed by atoms with E-state index in [1.54, 1.807) is 25.3 Å². The van der Waals surface area contributed by atoms with Crippen molar-refractivity contribution in [2.45, 2.75) is 20.3 Å². The van der Waals surface area contributed by atoms with Crippen molar-refractivity contribution in [3.05, 3.63) is 54.0 Å². The smallest absolute Gasteiger partial charge is 0.243 e. The molecule has 2 N–H and O–H groups in total. The van der Waals surface area contributed by atoms with Crippen LogP contribution in [0.15, 0.2) is 52.1 Å². The van der Waals surface area contributed by atoms with E-state index in [9.17, 15) is 4.79 Å². The Labute approximate surface area is 173 Å². The molecule has 1 aromatic heterocycles. The monoisotopic (exact) mass is 399 g/mol. The molecule has 0 fully saturated rings. The van der Waals surface area contributed by atoms with E-state index in [4.69, 9.17) is 4.42 Å². The third-order valence-electron chi connectivity index (χ3n) is 4.54. The molecule has 0 aliphatic rings. The van der Waals surface area contributed by atoms with Gasteiger partial charge in [-0.1, -0.05) is 12.1 Å². The van der Waals surface area contributed by atoms with Crippen molar-refractivity contribution in [1.29, 1.82) is 0 Å². The van der Waals surface area contributed by atoms with Crippen LogP contribution in [0.4, 0.5) is 5.69 Å². The van der Waals surface area contributed by atoms with Crippen LogP contribution in [0, 0.1) is 6.92 Å². The quantitative estimate of drug-likeness (QED) is 0.474. The molecule has 0 saturated carbocycles. The van der Waals surface area contributed by atoms with Gasteiger partial charge in [0.05, 0.1) is 6.26 Å². The molecule has 7 nitrogen and oxygen atoms in total. The highest BCUT2D eigenvalue weighted by Gasteiger charge is 2.07. The van der Waals surface area contributed by atoms with Crippen LogP contribution < -0.4 is 15.5 Å². The molecular weight excluding hydrogens is 366 g/mol. The molecule has 0 bridgehead atoms. The molecule has 0 spiro atoms. The Kier molecular flexibility index (Phi) is 9.08. The minimum Gasteiger partial charge on any atom is -0.469 e. The van der Waals surface area contributed by atoms with Crippen LogP contribution in [-0.4, -0.2) is 63.6 Å². The van der Waals surface area contributed by atoms with Crippen LogP contribution in [0.2, 0.25) is 0 Å². The zero-order valence-electron chi connectivity index (χ0n) is 17.9. The van der Waals surface area contributed by atoms with Gasteiger partial charge in [-0.2, -0.15) is 0 Å². The number of carbonyl (C=O) groups is 1. The normalized spacial score (nSPS) is 11.2. The van der Waals surface area contributed by atoms with Crippen molar-refractivity contribution in [2.24, 2.45) is 4.99 Å². The van der Waals surface area contributed by atoms with Gasteiger partial charge in [-0.05, 0) is 43.7 Å². The van der Waals surface area contributed by atoms with Gasteiger partial charge in [0.15, 0.2) is 5.96 Å². The van der Waals surface area contributed by atoms with Gasteiger partial charge in [0.2, 0.25) is 5.91 Å². The van der Waals surface area contributed by atoms with Gasteiger partial charge >= 0.3 is 0 Å². The summed E-state index contributed by atoms with van der Waals surface area (Å²) in [7, 11) is 3.46. The molecule has 1 amide bonds. The number of carbonyl (C=O) groups excluding carboxylic acids is 1. The van der Waals surface area contributed by atoms with E-state index in [0.29, 0.717) is 19.0 Å². The van der Waals surface area contributed by atoms with Crippen LogP contribution in [0.25, 0.3) is 0 Å². The first-order valence-electron chi connectivity index (χ1n) is 10.1. The molecule has 1 aromatic carbocycles. The Hall–Kier alpha value is -2.96. The van der Waals surface area contributed by atoms with Gasteiger partial charge in [0.25, 0.3) is 0 Å². The fraction of sp³-hybridized carbons (Fsp3) is 0.455. The minimum atomic E-state index is -0.0351. The summed E-state index contributed by atoms with van der Waals surface area (Å²) in [6, 6.07) is 12.3. The number of aryl methyl sites for hydroxylation is 1. The fourth-order valence-electron chi connectivity index (χ4n) is 2.83. The van der Waals surface area contributed by atoms with Gasteiger partial charge in [-0.15, -0.1) is 0 Å². The Morgan fingerprint density at radius 1 is 1.14 bits per heavy atom. The molecule has 7 heteroatoms. The lowest BCUT2D eigenvalue weighted by molar-refractivity contribution is -0.127. The van der Waals surface area contributed by atoms with Crippen LogP contribution >= 0.6 is 0 Å². The number of anilines is 1. The highest BCUT2D eigenvalue weighted by atomic mass is 16.3. The SMILES string of the molecule is CCN(CCNC(=NCC(=O)N(C)C)NCCc1ccco1)c1cccc(C)c1. The Balaban J connectivity index is 1.90. The average Bonchev–Trinajstić information content (AvgIpc) is 3.22. The zero-order chi connectivity index (χ0) is 21.1. The number of benzene rings is 1. The molecular formula is C22H33N5O2. The topological polar surface area (TPSA) is 73.1 Å². The summed E-state index contributed by atoms with van der Waals surface area (Å²) in [5, 5.41) is 6.62. The van der Waals surface area contributed by atoms with Gasteiger partial charge < -0.3 is 24.9 Å². The predicted molar refractivity (Wildman–Crippen MR) is 118 cm³/mol. The van der Waals surface area contributed by atoms with Crippen molar-refractivity contribution >= 4 is 17.6 Å². The number of furan rings is 1. The first kappa shape index (κ1) is 22.3. The second-order valence-corrected chi connectivity index (χ2v) is 7.05. The molecule has 2 rings (SSSR count). The van der Waals surface area contributed by atoms with Gasteiger partial charge in [-0.25, -0.2) is 4.99 Å². The number of nitrogens with one attached hydrogen (secondary N) is 2. The van der Waals surface area contributed by atoms with E-state index >= 15 is 0 Å². The van der Waals surface area contributed by atoms with Crippen LogP contribution in [-0.2, 0) is 11.2 Å². The standard InChI is InChI=1S/C22H33N5O2/c1-5-27(19-9-6-8-18(2)16-19)14-13-24-22(25-17-21(28)26(3)4)23-12-11-20-10-7-15-29-20/h6-10,15-16H,5,11-14,17H2,1-4H3,(H2,23,24,25). The summed E-state index contributed by atoms with van der Waals surface area (Å²) in [5.74, 6) is 1.51. The lowest BCUT2D eigenvalue weighted by Gasteiger charge is -2.24. The number of rotatable bonds is 10. The van der Waals surface area contributed by atoms with E-state index in [1.165, 1.54) is 11.3 Å². The van der Waals surface area contributed by atoms with Crippen molar-refractivity contribution in [3.63, 3.8) is 0 Å². The first-order valence-corrected chi connectivity index (χ1v) is 10.1. The van der Waals surface area contributed by atoms with Crippen LogP contribution in [0.5, 0.6) is 0 Å². The van der Waals surface area contributed by atoms with Crippen molar-refractivity contribution in [1.82, 2.24) is 15.5 Å². The molecule has 0 aliphatic heterocycles. The van der Waals surface area contributed by atoms with E-state index in [-0.39, 0.29) is 12.5 Å². The maximum absolute atomic E-state index is 11.9. The van der Waals surface area contributed by atoms with E-state index < -0.39 is 0 Å². The van der Waals surface area contributed by atoms with Gasteiger partial charge in [0.1, 0.15) is 12.3 Å². The van der Waals surface area contributed by atoms with E-state index in [1.807, 2.05) is 12.1 Å². The number of nitrogens with zero attached hydrogens (tertiary/aromatic N) is 3. The predicted octanol–water partition coefficient (Wildman–Crippen LogP) is 2.28. The lowest BCUT2D eigenvalue weighted by atomic mass is 10.2. The van der Waals surface area contributed by atoms with Crippen molar-refractivity contribution in [3.8, 4) is 0 Å². The average molecular weight is 400 g/mol. The largest absolute Gasteiger partial charge is 0.469 e. The van der Waals surface area contributed by atoms with Crippen molar-refractivity contribution in [2.75, 3.05) is 51.7 Å². The molecule has 1 heterocycles. The minimum absolute atomic E-state index is 0.0351. The maximum atomic E-state index is 11.9. The van der Waals surface area contributed by atoms with Crippen molar-refractivity contribution < 1.29 is 9.21 Å². The number of aliphatic imine (C=N–C) groups is 1.